The number of hydrogen-bond acceptors (Lipinski definition) is 3. The van der Waals surface area contributed by atoms with Gasteiger partial charge in [-0.05, 0) is 18.2 Å². The molecule has 1 aromatic carbocycles. The summed E-state index contributed by atoms with van der Waals surface area (Å²) in [6.07, 6.45) is 0.579. The number of carbonyl (C=O) groups excluding carboxylic acids is 3. The molecule has 0 aromatic heterocycles. The Morgan fingerprint density at radius 3 is 2.40 bits per heavy atom. The normalized spacial score (nSPS) is 19.4. The first-order chi connectivity index (χ1) is 9.56. The fourth-order valence-corrected chi connectivity index (χ4v) is 2.78. The van der Waals surface area contributed by atoms with Crippen molar-refractivity contribution in [2.45, 2.75) is 18.9 Å². The van der Waals surface area contributed by atoms with Gasteiger partial charge in [-0.15, -0.1) is 0 Å². The third-order valence-electron chi connectivity index (χ3n) is 3.68. The number of imide groups is 1. The van der Waals surface area contributed by atoms with E-state index >= 15 is 0 Å². The van der Waals surface area contributed by atoms with Crippen LogP contribution in [0.1, 0.15) is 23.2 Å². The number of hydrogen-bond donors (Lipinski definition) is 0. The molecule has 2 aliphatic heterocycles. The highest BCUT2D eigenvalue weighted by molar-refractivity contribution is 6.30. The van der Waals surface area contributed by atoms with Crippen LogP contribution in [-0.4, -0.2) is 46.7 Å². The molecule has 2 heterocycles. The van der Waals surface area contributed by atoms with Crippen LogP contribution in [0.2, 0.25) is 5.02 Å². The van der Waals surface area contributed by atoms with Crippen LogP contribution in [-0.2, 0) is 9.59 Å². The molecule has 6 heteroatoms. The van der Waals surface area contributed by atoms with E-state index in [-0.39, 0.29) is 36.6 Å². The standard InChI is InChI=1S/C14H13ClN2O3/c15-10-3-1-2-9(6-10)14(20)16-7-11(8-16)17-12(18)4-5-13(17)19/h1-3,6,11H,4-5,7-8H2. The summed E-state index contributed by atoms with van der Waals surface area (Å²) in [5, 5.41) is 0.512. The number of carbonyl (C=O) groups is 3. The van der Waals surface area contributed by atoms with Crippen molar-refractivity contribution >= 4 is 29.3 Å². The van der Waals surface area contributed by atoms with Gasteiger partial charge in [-0.25, -0.2) is 0 Å². The molecular weight excluding hydrogens is 280 g/mol. The molecular formula is C14H13ClN2O3. The van der Waals surface area contributed by atoms with Crippen LogP contribution < -0.4 is 0 Å². The van der Waals surface area contributed by atoms with E-state index in [2.05, 4.69) is 0 Å². The number of benzene rings is 1. The molecule has 1 aromatic rings. The van der Waals surface area contributed by atoms with Gasteiger partial charge in [0.15, 0.2) is 0 Å². The average molecular weight is 293 g/mol. The summed E-state index contributed by atoms with van der Waals surface area (Å²) in [6, 6.07) is 6.58. The molecule has 0 radical (unpaired) electrons. The van der Waals surface area contributed by atoms with Crippen molar-refractivity contribution in [3.63, 3.8) is 0 Å². The molecule has 0 aliphatic carbocycles. The number of halogens is 1. The van der Waals surface area contributed by atoms with Gasteiger partial charge in [0.2, 0.25) is 11.8 Å². The molecule has 3 rings (SSSR count). The van der Waals surface area contributed by atoms with E-state index < -0.39 is 0 Å². The molecule has 0 unspecified atom stereocenters. The highest BCUT2D eigenvalue weighted by atomic mass is 35.5. The largest absolute Gasteiger partial charge is 0.334 e. The van der Waals surface area contributed by atoms with Crippen molar-refractivity contribution in [2.24, 2.45) is 0 Å². The quantitative estimate of drug-likeness (QED) is 0.772. The van der Waals surface area contributed by atoms with Crippen LogP contribution in [0.3, 0.4) is 0 Å². The Labute approximate surface area is 121 Å². The van der Waals surface area contributed by atoms with Crippen LogP contribution in [0.15, 0.2) is 24.3 Å². The maximum absolute atomic E-state index is 12.2. The molecule has 0 N–H and O–H groups in total. The van der Waals surface area contributed by atoms with Crippen molar-refractivity contribution < 1.29 is 14.4 Å². The Morgan fingerprint density at radius 2 is 1.80 bits per heavy atom. The second-order valence-electron chi connectivity index (χ2n) is 5.03. The third kappa shape index (κ3) is 2.18. The van der Waals surface area contributed by atoms with Crippen molar-refractivity contribution in [3.05, 3.63) is 34.9 Å². The lowest BCUT2D eigenvalue weighted by molar-refractivity contribution is -0.144. The van der Waals surface area contributed by atoms with E-state index in [0.29, 0.717) is 23.7 Å². The molecule has 2 saturated heterocycles. The monoisotopic (exact) mass is 292 g/mol. The molecule has 20 heavy (non-hydrogen) atoms. The van der Waals surface area contributed by atoms with Crippen molar-refractivity contribution in [1.29, 1.82) is 0 Å². The van der Waals surface area contributed by atoms with Gasteiger partial charge in [0.05, 0.1) is 6.04 Å². The van der Waals surface area contributed by atoms with Crippen LogP contribution in [0.5, 0.6) is 0 Å². The number of rotatable bonds is 2. The summed E-state index contributed by atoms with van der Waals surface area (Å²) in [5.74, 6) is -0.382. The number of likely N-dealkylation sites (tertiary alicyclic amines) is 2. The van der Waals surface area contributed by atoms with Gasteiger partial charge >= 0.3 is 0 Å². The maximum Gasteiger partial charge on any atom is 0.254 e. The van der Waals surface area contributed by atoms with E-state index in [1.54, 1.807) is 29.2 Å². The van der Waals surface area contributed by atoms with Crippen LogP contribution >= 0.6 is 11.6 Å². The van der Waals surface area contributed by atoms with E-state index in [1.807, 2.05) is 0 Å². The fraction of sp³-hybridized carbons (Fsp3) is 0.357. The molecule has 5 nitrogen and oxygen atoms in total. The van der Waals surface area contributed by atoms with Crippen LogP contribution in [0.4, 0.5) is 0 Å². The molecule has 0 spiro atoms. The molecule has 2 fully saturated rings. The van der Waals surface area contributed by atoms with Gasteiger partial charge in [0.1, 0.15) is 0 Å². The fourth-order valence-electron chi connectivity index (χ4n) is 2.59. The Balaban J connectivity index is 1.64. The molecule has 0 saturated carbocycles. The Kier molecular flexibility index (Phi) is 3.22. The summed E-state index contributed by atoms with van der Waals surface area (Å²) in [6.45, 7) is 0.811. The Hall–Kier alpha value is -1.88. The van der Waals surface area contributed by atoms with E-state index in [1.165, 1.54) is 4.90 Å². The third-order valence-corrected chi connectivity index (χ3v) is 3.91. The van der Waals surface area contributed by atoms with E-state index in [0.717, 1.165) is 0 Å². The second-order valence-corrected chi connectivity index (χ2v) is 5.47. The minimum Gasteiger partial charge on any atom is -0.334 e. The van der Waals surface area contributed by atoms with Crippen molar-refractivity contribution in [1.82, 2.24) is 9.80 Å². The van der Waals surface area contributed by atoms with Crippen molar-refractivity contribution in [3.8, 4) is 0 Å². The molecule has 0 atom stereocenters. The van der Waals surface area contributed by atoms with E-state index in [9.17, 15) is 14.4 Å². The van der Waals surface area contributed by atoms with Gasteiger partial charge in [-0.1, -0.05) is 17.7 Å². The minimum atomic E-state index is -0.166. The van der Waals surface area contributed by atoms with Crippen LogP contribution in [0, 0.1) is 0 Å². The summed E-state index contributed by atoms with van der Waals surface area (Å²) < 4.78 is 0. The molecule has 2 aliphatic rings. The van der Waals surface area contributed by atoms with Gasteiger partial charge in [0.25, 0.3) is 5.91 Å². The summed E-state index contributed by atoms with van der Waals surface area (Å²) in [5.41, 5.74) is 0.523. The lowest BCUT2D eigenvalue weighted by Gasteiger charge is -2.43. The number of amides is 3. The highest BCUT2D eigenvalue weighted by Crippen LogP contribution is 2.24. The molecule has 104 valence electrons. The van der Waals surface area contributed by atoms with Crippen LogP contribution in [0.25, 0.3) is 0 Å². The van der Waals surface area contributed by atoms with Gasteiger partial charge < -0.3 is 4.90 Å². The van der Waals surface area contributed by atoms with Gasteiger partial charge in [-0.3, -0.25) is 19.3 Å². The molecule has 0 bridgehead atoms. The zero-order valence-electron chi connectivity index (χ0n) is 10.7. The summed E-state index contributed by atoms with van der Waals surface area (Å²) >= 11 is 5.86. The van der Waals surface area contributed by atoms with Gasteiger partial charge in [-0.2, -0.15) is 0 Å². The Morgan fingerprint density at radius 1 is 1.15 bits per heavy atom. The molecule has 3 amide bonds. The first kappa shape index (κ1) is 13.1. The Bertz CT molecular complexity index is 580. The minimum absolute atomic E-state index is 0.122. The zero-order valence-corrected chi connectivity index (χ0v) is 11.5. The van der Waals surface area contributed by atoms with Gasteiger partial charge in [0, 0.05) is 36.5 Å². The predicted octanol–water partition coefficient (Wildman–Crippen LogP) is 1.31. The lowest BCUT2D eigenvalue weighted by atomic mass is 10.1. The highest BCUT2D eigenvalue weighted by Gasteiger charge is 2.42. The first-order valence-electron chi connectivity index (χ1n) is 6.46. The lowest BCUT2D eigenvalue weighted by Crippen LogP contribution is -2.62. The SMILES string of the molecule is O=C(c1cccc(Cl)c1)N1CC(N2C(=O)CCC2=O)C1. The first-order valence-corrected chi connectivity index (χ1v) is 6.84. The zero-order chi connectivity index (χ0) is 14.3. The van der Waals surface area contributed by atoms with E-state index in [4.69, 9.17) is 11.6 Å². The summed E-state index contributed by atoms with van der Waals surface area (Å²) in [4.78, 5) is 38.3. The van der Waals surface area contributed by atoms with Crippen molar-refractivity contribution in [2.75, 3.05) is 13.1 Å². The predicted molar refractivity (Wildman–Crippen MR) is 72.2 cm³/mol. The second kappa shape index (κ2) is 4.90. The summed E-state index contributed by atoms with van der Waals surface area (Å²) in [7, 11) is 0. The number of nitrogens with zero attached hydrogens (tertiary/aromatic N) is 2. The topological polar surface area (TPSA) is 57.7 Å². The smallest absolute Gasteiger partial charge is 0.254 e. The average Bonchev–Trinajstić information content (AvgIpc) is 2.69. The maximum atomic E-state index is 12.2.